The van der Waals surface area contributed by atoms with E-state index < -0.39 is 0 Å². The highest BCUT2D eigenvalue weighted by atomic mass is 16.5. The summed E-state index contributed by atoms with van der Waals surface area (Å²) in [4.78, 5) is 18.1. The summed E-state index contributed by atoms with van der Waals surface area (Å²) in [6, 6.07) is 3.68. The Morgan fingerprint density at radius 3 is 2.95 bits per heavy atom. The third-order valence-corrected chi connectivity index (χ3v) is 3.41. The van der Waals surface area contributed by atoms with Crippen molar-refractivity contribution in [2.45, 2.75) is 13.0 Å². The van der Waals surface area contributed by atoms with Gasteiger partial charge in [-0.3, -0.25) is 9.47 Å². The zero-order valence-electron chi connectivity index (χ0n) is 10.7. The predicted octanol–water partition coefficient (Wildman–Crippen LogP) is 0.712. The molecular weight excluding hydrogens is 246 g/mol. The number of pyridine rings is 1. The van der Waals surface area contributed by atoms with Crippen LogP contribution < -0.4 is 5.76 Å². The number of fused-ring (bicyclic) bond motifs is 1. The van der Waals surface area contributed by atoms with Gasteiger partial charge in [-0.25, -0.2) is 9.78 Å². The molecule has 2 aromatic rings. The van der Waals surface area contributed by atoms with Gasteiger partial charge < -0.3 is 9.15 Å². The summed E-state index contributed by atoms with van der Waals surface area (Å²) in [6.45, 7) is 5.19. The molecule has 1 saturated heterocycles. The monoisotopic (exact) mass is 263 g/mol. The number of ether oxygens (including phenoxy) is 1. The number of oxazole rings is 1. The quantitative estimate of drug-likeness (QED) is 0.813. The Hall–Kier alpha value is -1.66. The van der Waals surface area contributed by atoms with Crippen LogP contribution in [0.1, 0.15) is 6.42 Å². The van der Waals surface area contributed by atoms with Gasteiger partial charge >= 0.3 is 5.76 Å². The SMILES string of the molecule is O=c1oc2ncccc2n1CCCN1CCOCC1. The van der Waals surface area contributed by atoms with E-state index in [-0.39, 0.29) is 5.76 Å². The molecule has 102 valence electrons. The van der Waals surface area contributed by atoms with Crippen LogP contribution in [0.3, 0.4) is 0 Å². The minimum atomic E-state index is -0.323. The maximum Gasteiger partial charge on any atom is 0.421 e. The molecule has 0 aromatic carbocycles. The first-order valence-corrected chi connectivity index (χ1v) is 6.59. The first-order chi connectivity index (χ1) is 9.34. The molecule has 2 aromatic heterocycles. The molecule has 0 spiro atoms. The highest BCUT2D eigenvalue weighted by molar-refractivity contribution is 5.67. The van der Waals surface area contributed by atoms with E-state index in [1.807, 2.05) is 12.1 Å². The van der Waals surface area contributed by atoms with Gasteiger partial charge in [0.15, 0.2) is 0 Å². The first-order valence-electron chi connectivity index (χ1n) is 6.59. The van der Waals surface area contributed by atoms with Gasteiger partial charge in [0.25, 0.3) is 0 Å². The fourth-order valence-electron chi connectivity index (χ4n) is 2.39. The molecule has 0 N–H and O–H groups in total. The third-order valence-electron chi connectivity index (χ3n) is 3.41. The molecule has 0 aliphatic carbocycles. The molecule has 0 amide bonds. The van der Waals surface area contributed by atoms with Gasteiger partial charge in [0.05, 0.1) is 13.2 Å². The average molecular weight is 263 g/mol. The number of aromatic nitrogens is 2. The lowest BCUT2D eigenvalue weighted by Crippen LogP contribution is -2.37. The lowest BCUT2D eigenvalue weighted by molar-refractivity contribution is 0.0369. The van der Waals surface area contributed by atoms with Crippen LogP contribution in [-0.2, 0) is 11.3 Å². The van der Waals surface area contributed by atoms with E-state index in [0.29, 0.717) is 12.3 Å². The van der Waals surface area contributed by atoms with E-state index >= 15 is 0 Å². The molecule has 1 aliphatic rings. The Labute approximate surface area is 110 Å². The van der Waals surface area contributed by atoms with Crippen LogP contribution in [0.4, 0.5) is 0 Å². The zero-order chi connectivity index (χ0) is 13.1. The maximum atomic E-state index is 11.7. The number of hydrogen-bond acceptors (Lipinski definition) is 5. The molecule has 6 nitrogen and oxygen atoms in total. The van der Waals surface area contributed by atoms with Crippen LogP contribution in [0.15, 0.2) is 27.5 Å². The molecule has 1 fully saturated rings. The number of aryl methyl sites for hydroxylation is 1. The van der Waals surface area contributed by atoms with Crippen molar-refractivity contribution in [2.24, 2.45) is 0 Å². The van der Waals surface area contributed by atoms with Crippen LogP contribution >= 0.6 is 0 Å². The van der Waals surface area contributed by atoms with E-state index in [9.17, 15) is 4.79 Å². The van der Waals surface area contributed by atoms with Crippen LogP contribution in [0.25, 0.3) is 11.2 Å². The summed E-state index contributed by atoms with van der Waals surface area (Å²) in [5, 5.41) is 0. The predicted molar refractivity (Wildman–Crippen MR) is 70.1 cm³/mol. The van der Waals surface area contributed by atoms with Crippen molar-refractivity contribution in [1.29, 1.82) is 0 Å². The second-order valence-corrected chi connectivity index (χ2v) is 4.65. The highest BCUT2D eigenvalue weighted by Crippen LogP contribution is 2.09. The molecule has 3 rings (SSSR count). The summed E-state index contributed by atoms with van der Waals surface area (Å²) >= 11 is 0. The van der Waals surface area contributed by atoms with Gasteiger partial charge in [0, 0.05) is 32.4 Å². The highest BCUT2D eigenvalue weighted by Gasteiger charge is 2.12. The minimum Gasteiger partial charge on any atom is -0.389 e. The average Bonchev–Trinajstić information content (AvgIpc) is 2.76. The van der Waals surface area contributed by atoms with Gasteiger partial charge in [-0.2, -0.15) is 0 Å². The second-order valence-electron chi connectivity index (χ2n) is 4.65. The van der Waals surface area contributed by atoms with E-state index in [1.54, 1.807) is 10.8 Å². The van der Waals surface area contributed by atoms with E-state index in [0.717, 1.165) is 44.8 Å². The van der Waals surface area contributed by atoms with Crippen molar-refractivity contribution < 1.29 is 9.15 Å². The maximum absolute atomic E-state index is 11.7. The largest absolute Gasteiger partial charge is 0.421 e. The lowest BCUT2D eigenvalue weighted by Gasteiger charge is -2.26. The first kappa shape index (κ1) is 12.4. The Bertz CT molecular complexity index is 598. The molecule has 3 heterocycles. The Kier molecular flexibility index (Phi) is 3.61. The van der Waals surface area contributed by atoms with Gasteiger partial charge in [0.2, 0.25) is 5.71 Å². The molecule has 19 heavy (non-hydrogen) atoms. The standard InChI is InChI=1S/C13H17N3O3/c17-13-16(11-3-1-4-14-12(11)19-13)6-2-5-15-7-9-18-10-8-15/h1,3-4H,2,5-10H2. The van der Waals surface area contributed by atoms with Crippen molar-refractivity contribution >= 4 is 11.2 Å². The molecule has 0 saturated carbocycles. The summed E-state index contributed by atoms with van der Waals surface area (Å²) in [5.41, 5.74) is 1.19. The summed E-state index contributed by atoms with van der Waals surface area (Å²) in [6.07, 6.45) is 2.55. The molecular formula is C13H17N3O3. The van der Waals surface area contributed by atoms with Crippen LogP contribution in [0.2, 0.25) is 0 Å². The number of nitrogens with zero attached hydrogens (tertiary/aromatic N) is 3. The Morgan fingerprint density at radius 2 is 2.11 bits per heavy atom. The van der Waals surface area contributed by atoms with Crippen molar-refractivity contribution in [3.05, 3.63) is 28.9 Å². The third kappa shape index (κ3) is 2.69. The van der Waals surface area contributed by atoms with Gasteiger partial charge in [-0.15, -0.1) is 0 Å². The number of morpholine rings is 1. The smallest absolute Gasteiger partial charge is 0.389 e. The van der Waals surface area contributed by atoms with Crippen LogP contribution in [0.5, 0.6) is 0 Å². The second kappa shape index (κ2) is 5.54. The van der Waals surface area contributed by atoms with E-state index in [2.05, 4.69) is 9.88 Å². The number of rotatable bonds is 4. The van der Waals surface area contributed by atoms with Crippen molar-refractivity contribution in [1.82, 2.24) is 14.5 Å². The Morgan fingerprint density at radius 1 is 1.26 bits per heavy atom. The van der Waals surface area contributed by atoms with Gasteiger partial charge in [-0.1, -0.05) is 0 Å². The molecule has 0 bridgehead atoms. The van der Waals surface area contributed by atoms with Crippen LogP contribution in [0, 0.1) is 0 Å². The minimum absolute atomic E-state index is 0.323. The molecule has 0 unspecified atom stereocenters. The van der Waals surface area contributed by atoms with Gasteiger partial charge in [0.1, 0.15) is 5.52 Å². The fraction of sp³-hybridized carbons (Fsp3) is 0.538. The van der Waals surface area contributed by atoms with Crippen molar-refractivity contribution in [2.75, 3.05) is 32.8 Å². The summed E-state index contributed by atoms with van der Waals surface area (Å²) in [7, 11) is 0. The summed E-state index contributed by atoms with van der Waals surface area (Å²) < 4.78 is 12.1. The number of hydrogen-bond donors (Lipinski definition) is 0. The Balaban J connectivity index is 1.65. The lowest BCUT2D eigenvalue weighted by atomic mass is 10.3. The van der Waals surface area contributed by atoms with E-state index in [1.165, 1.54) is 0 Å². The van der Waals surface area contributed by atoms with Gasteiger partial charge in [-0.05, 0) is 18.6 Å². The molecule has 1 aliphatic heterocycles. The molecule has 0 radical (unpaired) electrons. The molecule has 0 atom stereocenters. The normalized spacial score (nSPS) is 17.1. The van der Waals surface area contributed by atoms with Crippen molar-refractivity contribution in [3.63, 3.8) is 0 Å². The van der Waals surface area contributed by atoms with Crippen molar-refractivity contribution in [3.8, 4) is 0 Å². The fourth-order valence-corrected chi connectivity index (χ4v) is 2.39. The summed E-state index contributed by atoms with van der Waals surface area (Å²) in [5.74, 6) is -0.323. The topological polar surface area (TPSA) is 60.5 Å². The zero-order valence-corrected chi connectivity index (χ0v) is 10.7. The van der Waals surface area contributed by atoms with E-state index in [4.69, 9.17) is 9.15 Å². The molecule has 6 heteroatoms. The van der Waals surface area contributed by atoms with Crippen LogP contribution in [-0.4, -0.2) is 47.3 Å².